The molecular weight excluding hydrogens is 691 g/mol. The zero-order chi connectivity index (χ0) is 40.7. The van der Waals surface area contributed by atoms with E-state index in [2.05, 4.69) is 26.0 Å². The topological polar surface area (TPSA) is 99.1 Å². The monoisotopic (exact) mass is 781 g/mol. The Kier molecular flexibility index (Phi) is 37.6. The molecule has 0 aliphatic carbocycles. The minimum absolute atomic E-state index is 0.0529. The van der Waals surface area contributed by atoms with Gasteiger partial charge >= 0.3 is 17.9 Å². The molecule has 0 fully saturated rings. The van der Waals surface area contributed by atoms with E-state index in [4.69, 9.17) is 14.2 Å². The quantitative estimate of drug-likeness (QED) is 0.0285. The molecule has 8 nitrogen and oxygen atoms in total. The maximum atomic E-state index is 12.7. The molecule has 0 aromatic rings. The highest BCUT2D eigenvalue weighted by Gasteiger charge is 2.31. The second-order valence-electron chi connectivity index (χ2n) is 17.0. The molecule has 8 heteroatoms. The number of carbonyl (C=O) groups excluding carboxylic acids is 2. The fraction of sp³-hybridized carbons (Fsp3) is 0.894. The summed E-state index contributed by atoms with van der Waals surface area (Å²) >= 11 is 0. The predicted molar refractivity (Wildman–Crippen MR) is 229 cm³/mol. The summed E-state index contributed by atoms with van der Waals surface area (Å²) in [5, 5.41) is 9.62. The van der Waals surface area contributed by atoms with Crippen LogP contribution in [0.4, 0.5) is 0 Å². The van der Waals surface area contributed by atoms with Crippen LogP contribution >= 0.6 is 0 Å². The molecule has 1 N–H and O–H groups in total. The number of hydrogen-bond donors (Lipinski definition) is 1. The molecule has 0 bridgehead atoms. The molecule has 0 saturated heterocycles. The van der Waals surface area contributed by atoms with E-state index in [0.717, 1.165) is 51.4 Å². The lowest BCUT2D eigenvalue weighted by molar-refractivity contribution is -0.887. The van der Waals surface area contributed by atoms with Crippen LogP contribution in [-0.4, -0.2) is 80.6 Å². The standard InChI is InChI=1S/C47H89NO7/c1-6-8-10-12-14-16-18-20-22-23-24-26-28-30-32-34-36-38-46(50)55-43(41-53-40-39-44(47(51)52)48(3,4)5)42-54-45(49)37-35-33-31-29-27-25-21-19-17-15-13-11-9-7-2/h25,27,43-44H,6-24,26,28-42H2,1-5H3/p+1/b27-25+. The van der Waals surface area contributed by atoms with E-state index in [1.807, 2.05) is 21.1 Å². The third-order valence-electron chi connectivity index (χ3n) is 10.7. The van der Waals surface area contributed by atoms with E-state index < -0.39 is 18.1 Å². The highest BCUT2D eigenvalue weighted by molar-refractivity contribution is 5.72. The van der Waals surface area contributed by atoms with Crippen molar-refractivity contribution in [2.45, 2.75) is 231 Å². The van der Waals surface area contributed by atoms with Crippen LogP contribution in [0.5, 0.6) is 0 Å². The maximum Gasteiger partial charge on any atom is 0.362 e. The van der Waals surface area contributed by atoms with Crippen LogP contribution in [-0.2, 0) is 28.6 Å². The van der Waals surface area contributed by atoms with Gasteiger partial charge in [0.05, 0.1) is 34.4 Å². The van der Waals surface area contributed by atoms with Gasteiger partial charge in [-0.2, -0.15) is 0 Å². The lowest BCUT2D eigenvalue weighted by Crippen LogP contribution is -2.50. The number of rotatable bonds is 42. The first-order valence-corrected chi connectivity index (χ1v) is 23.2. The van der Waals surface area contributed by atoms with Gasteiger partial charge in [-0.15, -0.1) is 0 Å². The number of hydrogen-bond acceptors (Lipinski definition) is 6. The molecule has 0 aliphatic heterocycles. The fourth-order valence-corrected chi connectivity index (χ4v) is 7.03. The van der Waals surface area contributed by atoms with Crippen molar-refractivity contribution < 1.29 is 38.2 Å². The molecular formula is C47H90NO7+. The van der Waals surface area contributed by atoms with Crippen LogP contribution in [0.2, 0.25) is 0 Å². The number of unbranched alkanes of at least 4 members (excludes halogenated alkanes) is 26. The van der Waals surface area contributed by atoms with Gasteiger partial charge in [0, 0.05) is 19.3 Å². The zero-order valence-corrected chi connectivity index (χ0v) is 36.9. The Labute approximate surface area is 339 Å². The van der Waals surface area contributed by atoms with Gasteiger partial charge in [0.1, 0.15) is 6.61 Å². The summed E-state index contributed by atoms with van der Waals surface area (Å²) in [6.45, 7) is 4.75. The summed E-state index contributed by atoms with van der Waals surface area (Å²) in [6.07, 6.45) is 41.1. The first-order chi connectivity index (χ1) is 26.6. The summed E-state index contributed by atoms with van der Waals surface area (Å²) < 4.78 is 17.3. The Morgan fingerprint density at radius 2 is 0.909 bits per heavy atom. The third-order valence-corrected chi connectivity index (χ3v) is 10.7. The van der Waals surface area contributed by atoms with E-state index in [0.29, 0.717) is 19.3 Å². The van der Waals surface area contributed by atoms with E-state index in [9.17, 15) is 19.5 Å². The average molecular weight is 781 g/mol. The largest absolute Gasteiger partial charge is 0.477 e. The first kappa shape index (κ1) is 53.1. The van der Waals surface area contributed by atoms with E-state index in [1.165, 1.54) is 135 Å². The molecule has 2 unspecified atom stereocenters. The van der Waals surface area contributed by atoms with Gasteiger partial charge in [-0.05, 0) is 38.5 Å². The smallest absolute Gasteiger partial charge is 0.362 e. The number of nitrogens with zero attached hydrogens (tertiary/aromatic N) is 1. The van der Waals surface area contributed by atoms with Crippen molar-refractivity contribution in [3.8, 4) is 0 Å². The number of likely N-dealkylation sites (N-methyl/N-ethyl adjacent to an activating group) is 1. The van der Waals surface area contributed by atoms with Crippen molar-refractivity contribution in [2.24, 2.45) is 0 Å². The van der Waals surface area contributed by atoms with Gasteiger partial charge in [0.15, 0.2) is 12.1 Å². The van der Waals surface area contributed by atoms with Crippen LogP contribution < -0.4 is 0 Å². The Bertz CT molecular complexity index is 915. The van der Waals surface area contributed by atoms with Crippen LogP contribution in [0, 0.1) is 0 Å². The number of carboxylic acids is 1. The second-order valence-corrected chi connectivity index (χ2v) is 17.0. The summed E-state index contributed by atoms with van der Waals surface area (Å²) in [7, 11) is 5.53. The molecule has 0 aromatic carbocycles. The molecule has 55 heavy (non-hydrogen) atoms. The number of ether oxygens (including phenoxy) is 3. The highest BCUT2D eigenvalue weighted by atomic mass is 16.6. The van der Waals surface area contributed by atoms with Crippen LogP contribution in [0.25, 0.3) is 0 Å². The number of allylic oxidation sites excluding steroid dienone is 2. The fourth-order valence-electron chi connectivity index (χ4n) is 7.03. The first-order valence-electron chi connectivity index (χ1n) is 23.2. The molecule has 2 atom stereocenters. The molecule has 0 spiro atoms. The van der Waals surface area contributed by atoms with Gasteiger partial charge in [-0.1, -0.05) is 174 Å². The average Bonchev–Trinajstić information content (AvgIpc) is 3.14. The lowest BCUT2D eigenvalue weighted by Gasteiger charge is -2.31. The molecule has 0 aromatic heterocycles. The number of carbonyl (C=O) groups is 3. The van der Waals surface area contributed by atoms with Gasteiger partial charge < -0.3 is 23.8 Å². The highest BCUT2D eigenvalue weighted by Crippen LogP contribution is 2.16. The van der Waals surface area contributed by atoms with E-state index in [1.54, 1.807) is 0 Å². The normalized spacial score (nSPS) is 13.0. The maximum absolute atomic E-state index is 12.7. The Morgan fingerprint density at radius 1 is 0.527 bits per heavy atom. The Balaban J connectivity index is 4.30. The van der Waals surface area contributed by atoms with Crippen molar-refractivity contribution in [2.75, 3.05) is 41.0 Å². The SMILES string of the molecule is CCCCCCCCC/C=C/CCCCCC(=O)OCC(COCCC(C(=O)O)[N+](C)(C)C)OC(=O)CCCCCCCCCCCCCCCCCCC. The van der Waals surface area contributed by atoms with Gasteiger partial charge in [0.2, 0.25) is 0 Å². The Hall–Kier alpha value is -1.93. The molecule has 0 heterocycles. The summed E-state index contributed by atoms with van der Waals surface area (Å²) in [5.41, 5.74) is 0. The van der Waals surface area contributed by atoms with Gasteiger partial charge in [-0.25, -0.2) is 4.79 Å². The predicted octanol–water partition coefficient (Wildman–Crippen LogP) is 12.7. The van der Waals surface area contributed by atoms with Crippen molar-refractivity contribution in [1.82, 2.24) is 0 Å². The minimum Gasteiger partial charge on any atom is -0.477 e. The zero-order valence-electron chi connectivity index (χ0n) is 36.9. The van der Waals surface area contributed by atoms with Crippen molar-refractivity contribution in [1.29, 1.82) is 0 Å². The molecule has 324 valence electrons. The Morgan fingerprint density at radius 3 is 1.33 bits per heavy atom. The van der Waals surface area contributed by atoms with Crippen molar-refractivity contribution >= 4 is 17.9 Å². The summed E-state index contributed by atoms with van der Waals surface area (Å²) in [5.74, 6) is -1.47. The second kappa shape index (κ2) is 38.9. The molecule has 0 rings (SSSR count). The number of aliphatic carboxylic acids is 1. The van der Waals surface area contributed by atoms with Crippen molar-refractivity contribution in [3.63, 3.8) is 0 Å². The van der Waals surface area contributed by atoms with E-state index in [-0.39, 0.29) is 36.2 Å². The summed E-state index contributed by atoms with van der Waals surface area (Å²) in [4.78, 5) is 37.0. The number of esters is 2. The van der Waals surface area contributed by atoms with Crippen molar-refractivity contribution in [3.05, 3.63) is 12.2 Å². The lowest BCUT2D eigenvalue weighted by atomic mass is 10.0. The van der Waals surface area contributed by atoms with Crippen LogP contribution in [0.3, 0.4) is 0 Å². The van der Waals surface area contributed by atoms with E-state index >= 15 is 0 Å². The minimum atomic E-state index is -0.874. The summed E-state index contributed by atoms with van der Waals surface area (Å²) in [6, 6.07) is -0.612. The molecule has 0 aliphatic rings. The number of quaternary nitrogens is 1. The molecule has 0 radical (unpaired) electrons. The van der Waals surface area contributed by atoms with Gasteiger partial charge in [-0.3, -0.25) is 9.59 Å². The van der Waals surface area contributed by atoms with Crippen LogP contribution in [0.15, 0.2) is 12.2 Å². The van der Waals surface area contributed by atoms with Gasteiger partial charge in [0.25, 0.3) is 0 Å². The third kappa shape index (κ3) is 37.4. The van der Waals surface area contributed by atoms with Crippen LogP contribution in [0.1, 0.15) is 219 Å². The molecule has 0 amide bonds. The molecule has 0 saturated carbocycles. The number of carboxylic acid groups (broad SMARTS) is 1.